The van der Waals surface area contributed by atoms with Crippen LogP contribution >= 0.6 is 0 Å². The van der Waals surface area contributed by atoms with Gasteiger partial charge in [-0.25, -0.2) is 13.1 Å². The summed E-state index contributed by atoms with van der Waals surface area (Å²) < 4.78 is 32.3. The number of nitrogens with one attached hydrogen (secondary N) is 1. The fourth-order valence-corrected chi connectivity index (χ4v) is 3.40. The van der Waals surface area contributed by atoms with E-state index in [1.165, 1.54) is 0 Å². The third-order valence-corrected chi connectivity index (χ3v) is 4.66. The van der Waals surface area contributed by atoms with Crippen molar-refractivity contribution in [3.63, 3.8) is 0 Å². The molecule has 22 heavy (non-hydrogen) atoms. The first kappa shape index (κ1) is 16.5. The van der Waals surface area contributed by atoms with Crippen molar-refractivity contribution in [1.82, 2.24) is 4.72 Å². The minimum atomic E-state index is -3.39. The summed E-state index contributed by atoms with van der Waals surface area (Å²) in [5.41, 5.74) is 3.72. The summed E-state index contributed by atoms with van der Waals surface area (Å²) in [5.74, 6) is 0.659. The SMILES string of the molecule is COc1ccc(C)cc1CNS(=O)(=O)Cc1cccc(C)c1. The topological polar surface area (TPSA) is 55.4 Å². The Morgan fingerprint density at radius 3 is 2.45 bits per heavy atom. The van der Waals surface area contributed by atoms with Crippen LogP contribution in [0.2, 0.25) is 0 Å². The molecule has 5 heteroatoms. The van der Waals surface area contributed by atoms with Crippen molar-refractivity contribution in [1.29, 1.82) is 0 Å². The number of sulfonamides is 1. The molecule has 0 unspecified atom stereocenters. The van der Waals surface area contributed by atoms with E-state index in [0.717, 1.165) is 22.3 Å². The largest absolute Gasteiger partial charge is 0.496 e. The maximum atomic E-state index is 12.2. The fraction of sp³-hybridized carbons (Fsp3) is 0.294. The van der Waals surface area contributed by atoms with Gasteiger partial charge in [0.25, 0.3) is 0 Å². The highest BCUT2D eigenvalue weighted by atomic mass is 32.2. The second kappa shape index (κ2) is 6.94. The van der Waals surface area contributed by atoms with E-state index < -0.39 is 10.0 Å². The van der Waals surface area contributed by atoms with Crippen LogP contribution in [0.5, 0.6) is 5.75 Å². The minimum absolute atomic E-state index is 0.0250. The van der Waals surface area contributed by atoms with Crippen molar-refractivity contribution < 1.29 is 13.2 Å². The van der Waals surface area contributed by atoms with Gasteiger partial charge in [-0.15, -0.1) is 0 Å². The first-order valence-corrected chi connectivity index (χ1v) is 8.71. The molecule has 0 aliphatic rings. The van der Waals surface area contributed by atoms with Crippen LogP contribution in [0.3, 0.4) is 0 Å². The normalized spacial score (nSPS) is 11.4. The molecule has 0 radical (unpaired) electrons. The molecule has 0 bridgehead atoms. The first-order chi connectivity index (χ1) is 10.4. The second-order valence-corrected chi connectivity index (χ2v) is 7.19. The monoisotopic (exact) mass is 319 g/mol. The zero-order valence-electron chi connectivity index (χ0n) is 13.1. The molecule has 0 aromatic heterocycles. The summed E-state index contributed by atoms with van der Waals surface area (Å²) in [6, 6.07) is 13.2. The van der Waals surface area contributed by atoms with Crippen LogP contribution < -0.4 is 9.46 Å². The van der Waals surface area contributed by atoms with E-state index in [1.807, 2.05) is 56.3 Å². The summed E-state index contributed by atoms with van der Waals surface area (Å²) in [6.45, 7) is 4.13. The molecular formula is C17H21NO3S. The van der Waals surface area contributed by atoms with Crippen molar-refractivity contribution in [2.45, 2.75) is 26.1 Å². The Morgan fingerprint density at radius 2 is 1.77 bits per heavy atom. The molecule has 4 nitrogen and oxygen atoms in total. The van der Waals surface area contributed by atoms with Crippen LogP contribution in [0, 0.1) is 13.8 Å². The molecule has 0 aliphatic heterocycles. The molecule has 0 heterocycles. The smallest absolute Gasteiger partial charge is 0.216 e. The predicted molar refractivity (Wildman–Crippen MR) is 88.4 cm³/mol. The van der Waals surface area contributed by atoms with E-state index in [9.17, 15) is 8.42 Å². The fourth-order valence-electron chi connectivity index (χ4n) is 2.31. The van der Waals surface area contributed by atoms with Crippen LogP contribution in [-0.4, -0.2) is 15.5 Å². The van der Waals surface area contributed by atoms with Crippen LogP contribution in [0.15, 0.2) is 42.5 Å². The van der Waals surface area contributed by atoms with Crippen molar-refractivity contribution in [3.05, 3.63) is 64.7 Å². The first-order valence-electron chi connectivity index (χ1n) is 7.06. The van der Waals surface area contributed by atoms with Gasteiger partial charge in [-0.1, -0.05) is 47.5 Å². The van der Waals surface area contributed by atoms with Gasteiger partial charge in [0.15, 0.2) is 0 Å². The molecule has 2 rings (SSSR count). The molecule has 2 aromatic carbocycles. The Morgan fingerprint density at radius 1 is 1.05 bits per heavy atom. The average molecular weight is 319 g/mol. The Bertz CT molecular complexity index is 754. The summed E-state index contributed by atoms with van der Waals surface area (Å²) >= 11 is 0. The number of hydrogen-bond acceptors (Lipinski definition) is 3. The highest BCUT2D eigenvalue weighted by Gasteiger charge is 2.13. The number of ether oxygens (including phenoxy) is 1. The Labute approximate surface area is 132 Å². The van der Waals surface area contributed by atoms with E-state index in [-0.39, 0.29) is 12.3 Å². The highest BCUT2D eigenvalue weighted by molar-refractivity contribution is 7.88. The van der Waals surface area contributed by atoms with Crippen LogP contribution in [0.1, 0.15) is 22.3 Å². The lowest BCUT2D eigenvalue weighted by atomic mass is 10.1. The molecule has 0 spiro atoms. The second-order valence-electron chi connectivity index (χ2n) is 5.38. The van der Waals surface area contributed by atoms with Gasteiger partial charge in [0.2, 0.25) is 10.0 Å². The Kier molecular flexibility index (Phi) is 5.21. The Balaban J connectivity index is 2.08. The summed E-state index contributed by atoms with van der Waals surface area (Å²) in [4.78, 5) is 0. The van der Waals surface area contributed by atoms with Crippen molar-refractivity contribution >= 4 is 10.0 Å². The maximum Gasteiger partial charge on any atom is 0.216 e. The van der Waals surface area contributed by atoms with Crippen LogP contribution in [0.4, 0.5) is 0 Å². The average Bonchev–Trinajstić information content (AvgIpc) is 2.45. The van der Waals surface area contributed by atoms with Gasteiger partial charge in [0.1, 0.15) is 5.75 Å². The van der Waals surface area contributed by atoms with Crippen LogP contribution in [0.25, 0.3) is 0 Å². The summed E-state index contributed by atoms with van der Waals surface area (Å²) in [6.07, 6.45) is 0. The van der Waals surface area contributed by atoms with Gasteiger partial charge in [0.05, 0.1) is 12.9 Å². The molecule has 0 atom stereocenters. The van der Waals surface area contributed by atoms with E-state index in [0.29, 0.717) is 5.75 Å². The lowest BCUT2D eigenvalue weighted by Gasteiger charge is -2.11. The highest BCUT2D eigenvalue weighted by Crippen LogP contribution is 2.19. The zero-order chi connectivity index (χ0) is 16.2. The van der Waals surface area contributed by atoms with E-state index >= 15 is 0 Å². The quantitative estimate of drug-likeness (QED) is 0.890. The lowest BCUT2D eigenvalue weighted by Crippen LogP contribution is -2.25. The molecule has 2 aromatic rings. The summed E-state index contributed by atoms with van der Waals surface area (Å²) in [7, 11) is -1.81. The van der Waals surface area contributed by atoms with E-state index in [2.05, 4.69) is 4.72 Å². The number of aryl methyl sites for hydroxylation is 2. The third kappa shape index (κ3) is 4.58. The van der Waals surface area contributed by atoms with Gasteiger partial charge >= 0.3 is 0 Å². The lowest BCUT2D eigenvalue weighted by molar-refractivity contribution is 0.409. The number of rotatable bonds is 6. The number of hydrogen-bond donors (Lipinski definition) is 1. The minimum Gasteiger partial charge on any atom is -0.496 e. The van der Waals surface area contributed by atoms with E-state index in [1.54, 1.807) is 7.11 Å². The van der Waals surface area contributed by atoms with Gasteiger partial charge in [-0.3, -0.25) is 0 Å². The number of methoxy groups -OCH3 is 1. The predicted octanol–water partition coefficient (Wildman–Crippen LogP) is 2.93. The van der Waals surface area contributed by atoms with Gasteiger partial charge < -0.3 is 4.74 Å². The van der Waals surface area contributed by atoms with Crippen molar-refractivity contribution in [3.8, 4) is 5.75 Å². The number of benzene rings is 2. The molecule has 0 fully saturated rings. The molecular weight excluding hydrogens is 298 g/mol. The maximum absolute atomic E-state index is 12.2. The van der Waals surface area contributed by atoms with Gasteiger partial charge in [0, 0.05) is 12.1 Å². The molecule has 0 saturated heterocycles. The molecule has 118 valence electrons. The molecule has 0 saturated carbocycles. The molecule has 0 amide bonds. The van der Waals surface area contributed by atoms with Gasteiger partial charge in [-0.05, 0) is 25.5 Å². The third-order valence-electron chi connectivity index (χ3n) is 3.36. The van der Waals surface area contributed by atoms with Crippen molar-refractivity contribution in [2.75, 3.05) is 7.11 Å². The van der Waals surface area contributed by atoms with Gasteiger partial charge in [-0.2, -0.15) is 0 Å². The summed E-state index contributed by atoms with van der Waals surface area (Å²) in [5, 5.41) is 0. The Hall–Kier alpha value is -1.85. The zero-order valence-corrected chi connectivity index (χ0v) is 13.9. The standard InChI is InChI=1S/C17H21NO3S/c1-13-5-4-6-15(9-13)12-22(19,20)18-11-16-10-14(2)7-8-17(16)21-3/h4-10,18H,11-12H2,1-3H3. The molecule has 0 aliphatic carbocycles. The van der Waals surface area contributed by atoms with E-state index in [4.69, 9.17) is 4.74 Å². The molecule has 1 N–H and O–H groups in total. The van der Waals surface area contributed by atoms with Crippen LogP contribution in [-0.2, 0) is 22.3 Å². The van der Waals surface area contributed by atoms with Crippen molar-refractivity contribution in [2.24, 2.45) is 0 Å².